The van der Waals surface area contributed by atoms with E-state index in [1.807, 2.05) is 20.8 Å². The molecular formula is C19H28N2O3. The highest BCUT2D eigenvalue weighted by molar-refractivity contribution is 5.96. The third-order valence-corrected chi connectivity index (χ3v) is 4.78. The molecule has 0 radical (unpaired) electrons. The summed E-state index contributed by atoms with van der Waals surface area (Å²) >= 11 is 0. The zero-order valence-corrected chi connectivity index (χ0v) is 14.8. The number of carbonyl (C=O) groups excluding carboxylic acids is 2. The summed E-state index contributed by atoms with van der Waals surface area (Å²) in [6.07, 6.45) is 4.33. The Bertz CT molecular complexity index is 607. The minimum absolute atomic E-state index is 0.106. The van der Waals surface area contributed by atoms with Gasteiger partial charge in [-0.15, -0.1) is 0 Å². The lowest BCUT2D eigenvalue weighted by Gasteiger charge is -2.21. The highest BCUT2D eigenvalue weighted by atomic mass is 16.3. The van der Waals surface area contributed by atoms with Gasteiger partial charge in [0.05, 0.1) is 12.0 Å². The van der Waals surface area contributed by atoms with Gasteiger partial charge in [0.1, 0.15) is 0 Å². The van der Waals surface area contributed by atoms with Gasteiger partial charge in [0.25, 0.3) is 5.91 Å². The van der Waals surface area contributed by atoms with Gasteiger partial charge in [0, 0.05) is 17.3 Å². The summed E-state index contributed by atoms with van der Waals surface area (Å²) in [7, 11) is 0. The molecule has 0 heterocycles. The lowest BCUT2D eigenvalue weighted by Crippen LogP contribution is -2.32. The van der Waals surface area contributed by atoms with Crippen LogP contribution in [0.25, 0.3) is 0 Å². The molecule has 1 aromatic rings. The number of carbonyl (C=O) groups is 2. The van der Waals surface area contributed by atoms with Gasteiger partial charge in [-0.2, -0.15) is 0 Å². The van der Waals surface area contributed by atoms with Crippen molar-refractivity contribution in [1.82, 2.24) is 5.32 Å². The maximum atomic E-state index is 12.2. The number of amides is 2. The molecule has 1 fully saturated rings. The Hall–Kier alpha value is -1.88. The molecule has 0 unspecified atom stereocenters. The van der Waals surface area contributed by atoms with E-state index in [0.29, 0.717) is 24.1 Å². The predicted molar refractivity (Wildman–Crippen MR) is 95.1 cm³/mol. The Morgan fingerprint density at radius 2 is 1.96 bits per heavy atom. The van der Waals surface area contributed by atoms with E-state index in [2.05, 4.69) is 10.6 Å². The molecular weight excluding hydrogens is 304 g/mol. The van der Waals surface area contributed by atoms with Crippen molar-refractivity contribution in [3.05, 3.63) is 29.3 Å². The number of aryl methyl sites for hydroxylation is 1. The number of hydrogen-bond donors (Lipinski definition) is 3. The molecule has 1 atom stereocenters. The third kappa shape index (κ3) is 4.81. The number of rotatable bonds is 6. The lowest BCUT2D eigenvalue weighted by atomic mass is 9.97. The van der Waals surface area contributed by atoms with Gasteiger partial charge in [-0.25, -0.2) is 0 Å². The monoisotopic (exact) mass is 332 g/mol. The SMILES string of the molecule is CC[C@@H](C)NC(=O)c1ccc(NC(=O)CC2(O)CCCC2)c(C)c1. The van der Waals surface area contributed by atoms with Crippen molar-refractivity contribution in [2.45, 2.75) is 70.9 Å². The zero-order chi connectivity index (χ0) is 17.7. The van der Waals surface area contributed by atoms with Gasteiger partial charge in [-0.05, 0) is 56.9 Å². The Balaban J connectivity index is 1.99. The summed E-state index contributed by atoms with van der Waals surface area (Å²) in [6.45, 7) is 5.85. The van der Waals surface area contributed by atoms with Crippen LogP contribution in [0.15, 0.2) is 18.2 Å². The molecule has 1 aromatic carbocycles. The number of nitrogens with one attached hydrogen (secondary N) is 2. The highest BCUT2D eigenvalue weighted by Gasteiger charge is 2.33. The quantitative estimate of drug-likeness (QED) is 0.749. The average molecular weight is 332 g/mol. The fourth-order valence-electron chi connectivity index (χ4n) is 3.06. The molecule has 0 aliphatic heterocycles. The maximum absolute atomic E-state index is 12.2. The molecule has 0 spiro atoms. The van der Waals surface area contributed by atoms with Crippen LogP contribution in [0.3, 0.4) is 0 Å². The van der Waals surface area contributed by atoms with Crippen LogP contribution in [0.1, 0.15) is 68.3 Å². The van der Waals surface area contributed by atoms with E-state index >= 15 is 0 Å². The van der Waals surface area contributed by atoms with E-state index < -0.39 is 5.60 Å². The Morgan fingerprint density at radius 1 is 1.29 bits per heavy atom. The highest BCUT2D eigenvalue weighted by Crippen LogP contribution is 2.32. The van der Waals surface area contributed by atoms with Crippen LogP contribution in [0.4, 0.5) is 5.69 Å². The number of hydrogen-bond acceptors (Lipinski definition) is 3. The summed E-state index contributed by atoms with van der Waals surface area (Å²) < 4.78 is 0. The van der Waals surface area contributed by atoms with E-state index in [4.69, 9.17) is 0 Å². The summed E-state index contributed by atoms with van der Waals surface area (Å²) in [5.41, 5.74) is 1.24. The van der Waals surface area contributed by atoms with Gasteiger partial charge in [-0.1, -0.05) is 19.8 Å². The molecule has 24 heavy (non-hydrogen) atoms. The first-order valence-electron chi connectivity index (χ1n) is 8.77. The van der Waals surface area contributed by atoms with E-state index in [-0.39, 0.29) is 24.3 Å². The number of anilines is 1. The maximum Gasteiger partial charge on any atom is 0.251 e. The lowest BCUT2D eigenvalue weighted by molar-refractivity contribution is -0.120. The van der Waals surface area contributed by atoms with Crippen LogP contribution in [0.5, 0.6) is 0 Å². The summed E-state index contributed by atoms with van der Waals surface area (Å²) in [5, 5.41) is 16.1. The molecule has 1 saturated carbocycles. The van der Waals surface area contributed by atoms with Crippen molar-refractivity contribution in [3.8, 4) is 0 Å². The second-order valence-electron chi connectivity index (χ2n) is 6.97. The van der Waals surface area contributed by atoms with Crippen LogP contribution in [0, 0.1) is 6.92 Å². The van der Waals surface area contributed by atoms with Crippen LogP contribution in [-0.2, 0) is 4.79 Å². The van der Waals surface area contributed by atoms with Crippen molar-refractivity contribution < 1.29 is 14.7 Å². The first-order chi connectivity index (χ1) is 11.3. The molecule has 1 aliphatic rings. The van der Waals surface area contributed by atoms with E-state index in [0.717, 1.165) is 24.8 Å². The zero-order valence-electron chi connectivity index (χ0n) is 14.8. The molecule has 5 heteroatoms. The van der Waals surface area contributed by atoms with E-state index in [1.54, 1.807) is 18.2 Å². The first kappa shape index (κ1) is 18.5. The molecule has 2 rings (SSSR count). The smallest absolute Gasteiger partial charge is 0.251 e. The fourth-order valence-corrected chi connectivity index (χ4v) is 3.06. The van der Waals surface area contributed by atoms with Crippen molar-refractivity contribution in [2.24, 2.45) is 0 Å². The van der Waals surface area contributed by atoms with Crippen LogP contribution >= 0.6 is 0 Å². The van der Waals surface area contributed by atoms with Gasteiger partial charge in [-0.3, -0.25) is 9.59 Å². The predicted octanol–water partition coefficient (Wildman–Crippen LogP) is 3.16. The Labute approximate surface area is 143 Å². The Kier molecular flexibility index (Phi) is 5.99. The topological polar surface area (TPSA) is 78.4 Å². The standard InChI is InChI=1S/C19H28N2O3/c1-4-14(3)20-18(23)15-7-8-16(13(2)11-15)21-17(22)12-19(24)9-5-6-10-19/h7-8,11,14,24H,4-6,9-10,12H2,1-3H3,(H,20,23)(H,21,22)/t14-/m1/s1. The summed E-state index contributed by atoms with van der Waals surface area (Å²) in [5.74, 6) is -0.287. The molecule has 0 saturated heterocycles. The molecule has 132 valence electrons. The summed E-state index contributed by atoms with van der Waals surface area (Å²) in [4.78, 5) is 24.3. The second kappa shape index (κ2) is 7.79. The molecule has 2 amide bonds. The average Bonchev–Trinajstić information content (AvgIpc) is 2.95. The first-order valence-corrected chi connectivity index (χ1v) is 8.77. The van der Waals surface area contributed by atoms with Crippen LogP contribution in [-0.4, -0.2) is 28.6 Å². The molecule has 0 bridgehead atoms. The molecule has 0 aromatic heterocycles. The van der Waals surface area contributed by atoms with Crippen molar-refractivity contribution in [2.75, 3.05) is 5.32 Å². The van der Waals surface area contributed by atoms with Crippen molar-refractivity contribution >= 4 is 17.5 Å². The van der Waals surface area contributed by atoms with Crippen LogP contribution < -0.4 is 10.6 Å². The van der Waals surface area contributed by atoms with Crippen molar-refractivity contribution in [3.63, 3.8) is 0 Å². The normalized spacial score (nSPS) is 17.3. The van der Waals surface area contributed by atoms with Gasteiger partial charge < -0.3 is 15.7 Å². The van der Waals surface area contributed by atoms with Gasteiger partial charge in [0.2, 0.25) is 5.91 Å². The van der Waals surface area contributed by atoms with Crippen molar-refractivity contribution in [1.29, 1.82) is 0 Å². The van der Waals surface area contributed by atoms with Gasteiger partial charge in [0.15, 0.2) is 0 Å². The molecule has 1 aliphatic carbocycles. The van der Waals surface area contributed by atoms with Crippen LogP contribution in [0.2, 0.25) is 0 Å². The molecule has 3 N–H and O–H groups in total. The van der Waals surface area contributed by atoms with E-state index in [1.165, 1.54) is 0 Å². The largest absolute Gasteiger partial charge is 0.389 e. The number of aliphatic hydroxyl groups is 1. The number of benzene rings is 1. The Morgan fingerprint density at radius 3 is 2.54 bits per heavy atom. The van der Waals surface area contributed by atoms with E-state index in [9.17, 15) is 14.7 Å². The van der Waals surface area contributed by atoms with Gasteiger partial charge >= 0.3 is 0 Å². The third-order valence-electron chi connectivity index (χ3n) is 4.78. The minimum Gasteiger partial charge on any atom is -0.389 e. The fraction of sp³-hybridized carbons (Fsp3) is 0.579. The summed E-state index contributed by atoms with van der Waals surface area (Å²) in [6, 6.07) is 5.36. The molecule has 5 nitrogen and oxygen atoms in total. The minimum atomic E-state index is -0.853. The second-order valence-corrected chi connectivity index (χ2v) is 6.97.